The van der Waals surface area contributed by atoms with Gasteiger partial charge in [0, 0.05) is 51.3 Å². The predicted molar refractivity (Wildman–Crippen MR) is 335 cm³/mol. The molecule has 11 rings (SSSR count). The highest BCUT2D eigenvalue weighted by Crippen LogP contribution is 2.51. The SMILES string of the molecule is CC(C)c1cccc(C(C)C)c1-c1ccc2c(c1)N(c1cccc(Oc3cc(C(C)(C)C)c4c5ccccc5n(-c5cc(C(C)(C)C)ccn5)c4c3)c1)CN2c1cc(C(C)(C)c2ccccc2)cc(C(C)(C)c2ccccc2)c1. The first-order chi connectivity index (χ1) is 37.6. The Morgan fingerprint density at radius 2 is 1.04 bits per heavy atom. The highest BCUT2D eigenvalue weighted by molar-refractivity contribution is 6.11. The molecule has 10 aromatic rings. The van der Waals surface area contributed by atoms with Gasteiger partial charge in [-0.2, -0.15) is 0 Å². The summed E-state index contributed by atoms with van der Waals surface area (Å²) >= 11 is 0. The number of hydrogen-bond donors (Lipinski definition) is 0. The van der Waals surface area contributed by atoms with Crippen molar-refractivity contribution in [2.24, 2.45) is 0 Å². The molecule has 0 saturated carbocycles. The van der Waals surface area contributed by atoms with Crippen LogP contribution in [0.15, 0.2) is 194 Å². The van der Waals surface area contributed by atoms with E-state index in [1.165, 1.54) is 72.1 Å². The number of anilines is 4. The number of rotatable bonds is 12. The molecule has 0 N–H and O–H groups in total. The monoisotopic (exact) mass is 1040 g/mol. The van der Waals surface area contributed by atoms with Crippen LogP contribution in [0, 0.1) is 0 Å². The molecule has 0 unspecified atom stereocenters. The second-order valence-corrected chi connectivity index (χ2v) is 25.8. The normalized spacial score (nSPS) is 13.3. The van der Waals surface area contributed by atoms with Gasteiger partial charge in [-0.25, -0.2) is 4.98 Å². The average molecular weight is 1040 g/mol. The number of nitrogens with zero attached hydrogens (tertiary/aromatic N) is 4. The van der Waals surface area contributed by atoms with Crippen molar-refractivity contribution in [1.29, 1.82) is 0 Å². The van der Waals surface area contributed by atoms with E-state index in [0.29, 0.717) is 18.5 Å². The first kappa shape index (κ1) is 53.1. The lowest BCUT2D eigenvalue weighted by Crippen LogP contribution is -2.27. The van der Waals surface area contributed by atoms with Gasteiger partial charge in [-0.1, -0.05) is 212 Å². The molecule has 0 amide bonds. The highest BCUT2D eigenvalue weighted by atomic mass is 16.5. The molecule has 8 aromatic carbocycles. The van der Waals surface area contributed by atoms with Crippen LogP contribution in [0.3, 0.4) is 0 Å². The summed E-state index contributed by atoms with van der Waals surface area (Å²) in [5.74, 6) is 3.17. The van der Waals surface area contributed by atoms with E-state index in [-0.39, 0.29) is 21.7 Å². The van der Waals surface area contributed by atoms with Crippen LogP contribution in [0.2, 0.25) is 0 Å². The van der Waals surface area contributed by atoms with E-state index in [2.05, 4.69) is 299 Å². The maximum atomic E-state index is 7.18. The van der Waals surface area contributed by atoms with Crippen LogP contribution >= 0.6 is 0 Å². The summed E-state index contributed by atoms with van der Waals surface area (Å²) < 4.78 is 9.51. The third-order valence-corrected chi connectivity index (χ3v) is 16.9. The number of ether oxygens (including phenoxy) is 1. The van der Waals surface area contributed by atoms with Gasteiger partial charge in [0.25, 0.3) is 0 Å². The largest absolute Gasteiger partial charge is 0.457 e. The fourth-order valence-electron chi connectivity index (χ4n) is 12.1. The van der Waals surface area contributed by atoms with Crippen LogP contribution in [0.25, 0.3) is 38.8 Å². The van der Waals surface area contributed by atoms with Gasteiger partial charge in [-0.05, 0) is 139 Å². The minimum absolute atomic E-state index is 0.0398. The number of aromatic nitrogens is 2. The Morgan fingerprint density at radius 1 is 0.443 bits per heavy atom. The Bertz CT molecular complexity index is 3790. The van der Waals surface area contributed by atoms with E-state index in [0.717, 1.165) is 45.4 Å². The Kier molecular flexibility index (Phi) is 13.5. The average Bonchev–Trinajstić information content (AvgIpc) is 4.24. The van der Waals surface area contributed by atoms with E-state index in [1.807, 2.05) is 6.20 Å². The van der Waals surface area contributed by atoms with Crippen molar-refractivity contribution in [3.05, 3.63) is 239 Å². The molecule has 1 aliphatic heterocycles. The van der Waals surface area contributed by atoms with Crippen LogP contribution in [-0.2, 0) is 21.7 Å². The van der Waals surface area contributed by atoms with Gasteiger partial charge in [0.2, 0.25) is 0 Å². The molecule has 0 saturated heterocycles. The third kappa shape index (κ3) is 9.81. The van der Waals surface area contributed by atoms with Crippen LogP contribution in [-0.4, -0.2) is 16.2 Å². The summed E-state index contributed by atoms with van der Waals surface area (Å²) in [5.41, 5.74) is 18.9. The van der Waals surface area contributed by atoms with Crippen molar-refractivity contribution in [2.45, 2.75) is 130 Å². The lowest BCUT2D eigenvalue weighted by Gasteiger charge is -2.33. The lowest BCUT2D eigenvalue weighted by molar-refractivity contribution is 0.480. The van der Waals surface area contributed by atoms with E-state index < -0.39 is 0 Å². The lowest BCUT2D eigenvalue weighted by atomic mass is 9.73. The Balaban J connectivity index is 1.07. The van der Waals surface area contributed by atoms with Crippen molar-refractivity contribution >= 4 is 44.6 Å². The minimum atomic E-state index is -0.276. The molecule has 0 radical (unpaired) electrons. The van der Waals surface area contributed by atoms with E-state index in [9.17, 15) is 0 Å². The molecular weight excluding hydrogens is 961 g/mol. The van der Waals surface area contributed by atoms with Gasteiger partial charge in [-0.15, -0.1) is 0 Å². The van der Waals surface area contributed by atoms with Crippen molar-refractivity contribution in [3.63, 3.8) is 0 Å². The molecule has 1 aliphatic rings. The summed E-state index contributed by atoms with van der Waals surface area (Å²) in [6.07, 6.45) is 1.95. The van der Waals surface area contributed by atoms with Gasteiger partial charge in [-0.3, -0.25) is 4.57 Å². The Hall–Kier alpha value is -7.89. The van der Waals surface area contributed by atoms with E-state index in [1.54, 1.807) is 0 Å². The molecule has 400 valence electrons. The van der Waals surface area contributed by atoms with Gasteiger partial charge >= 0.3 is 0 Å². The van der Waals surface area contributed by atoms with Gasteiger partial charge < -0.3 is 14.5 Å². The quantitative estimate of drug-likeness (QED) is 0.122. The molecule has 5 nitrogen and oxygen atoms in total. The van der Waals surface area contributed by atoms with Crippen LogP contribution in [0.1, 0.15) is 153 Å². The number of fused-ring (bicyclic) bond motifs is 4. The maximum Gasteiger partial charge on any atom is 0.137 e. The number of pyridine rings is 1. The Morgan fingerprint density at radius 3 is 1.65 bits per heavy atom. The van der Waals surface area contributed by atoms with Crippen molar-refractivity contribution in [1.82, 2.24) is 9.55 Å². The van der Waals surface area contributed by atoms with Crippen LogP contribution in [0.5, 0.6) is 11.5 Å². The third-order valence-electron chi connectivity index (χ3n) is 16.9. The first-order valence-corrected chi connectivity index (χ1v) is 28.5. The molecule has 0 fully saturated rings. The second kappa shape index (κ2) is 20.1. The second-order valence-electron chi connectivity index (χ2n) is 25.8. The molecular formula is C74H78N4O. The molecule has 0 bridgehead atoms. The zero-order valence-corrected chi connectivity index (χ0v) is 49.0. The zero-order valence-electron chi connectivity index (χ0n) is 49.0. The molecule has 0 atom stereocenters. The topological polar surface area (TPSA) is 33.5 Å². The predicted octanol–water partition coefficient (Wildman–Crippen LogP) is 20.4. The smallest absolute Gasteiger partial charge is 0.137 e. The van der Waals surface area contributed by atoms with Crippen molar-refractivity contribution in [2.75, 3.05) is 16.5 Å². The molecule has 5 heteroatoms. The molecule has 2 aromatic heterocycles. The fraction of sp³-hybridized carbons (Fsp3) is 0.284. The summed E-state index contributed by atoms with van der Waals surface area (Å²) in [5, 5.41) is 2.43. The molecule has 79 heavy (non-hydrogen) atoms. The summed E-state index contributed by atoms with van der Waals surface area (Å²) in [6.45, 7) is 33.0. The summed E-state index contributed by atoms with van der Waals surface area (Å²) in [4.78, 5) is 10.1. The fourth-order valence-corrected chi connectivity index (χ4v) is 12.1. The Labute approximate surface area is 470 Å². The van der Waals surface area contributed by atoms with Crippen molar-refractivity contribution < 1.29 is 4.74 Å². The summed E-state index contributed by atoms with van der Waals surface area (Å²) in [6, 6.07) is 69.7. The minimum Gasteiger partial charge on any atom is -0.457 e. The molecule has 0 aliphatic carbocycles. The zero-order chi connectivity index (χ0) is 55.8. The molecule has 3 heterocycles. The standard InChI is InChI=1S/C74H78N4O/c1-48(2)60-32-24-33-61(49(3)4)69(60)50-35-36-65-66(39-50)76(47-77(65)57-41-54(73(11,12)51-25-17-15-18-26-51)40-55(42-57)74(13,14)52-27-19-16-20-28-52)56-29-23-30-58(44-56)79-59-45-63(72(8,9)10)70-62-31-21-22-34-64(62)78(67(70)46-59)68-43-53(37-38-75-68)71(5,6)7/h15-46,48-49H,47H2,1-14H3. The van der Waals surface area contributed by atoms with Crippen LogP contribution < -0.4 is 14.5 Å². The number of para-hydroxylation sites is 1. The maximum absolute atomic E-state index is 7.18. The summed E-state index contributed by atoms with van der Waals surface area (Å²) in [7, 11) is 0. The van der Waals surface area contributed by atoms with E-state index in [4.69, 9.17) is 9.72 Å². The van der Waals surface area contributed by atoms with Crippen molar-refractivity contribution in [3.8, 4) is 28.4 Å². The number of hydrogen-bond acceptors (Lipinski definition) is 4. The van der Waals surface area contributed by atoms with Gasteiger partial charge in [0.1, 0.15) is 24.0 Å². The first-order valence-electron chi connectivity index (χ1n) is 28.5. The number of benzene rings is 8. The van der Waals surface area contributed by atoms with Crippen LogP contribution in [0.4, 0.5) is 22.7 Å². The van der Waals surface area contributed by atoms with Gasteiger partial charge in [0.15, 0.2) is 0 Å². The molecule has 0 spiro atoms. The van der Waals surface area contributed by atoms with E-state index >= 15 is 0 Å². The van der Waals surface area contributed by atoms with Gasteiger partial charge in [0.05, 0.1) is 22.4 Å². The highest BCUT2D eigenvalue weighted by Gasteiger charge is 2.35.